The second-order valence-electron chi connectivity index (χ2n) is 2.80. The minimum Gasteiger partial charge on any atom is -0.296 e. The fourth-order valence-electron chi connectivity index (χ4n) is 0.926. The van der Waals surface area contributed by atoms with Crippen LogP contribution >= 0.6 is 8.43 Å². The van der Waals surface area contributed by atoms with E-state index in [1.54, 1.807) is 6.07 Å². The molecule has 0 bridgehead atoms. The molecule has 1 atom stereocenters. The van der Waals surface area contributed by atoms with Gasteiger partial charge in [0.2, 0.25) is 0 Å². The Hall–Kier alpha value is -1.40. The van der Waals surface area contributed by atoms with Crippen molar-refractivity contribution in [3.8, 4) is 0 Å². The van der Waals surface area contributed by atoms with Crippen molar-refractivity contribution in [3.05, 3.63) is 60.7 Å². The lowest BCUT2D eigenvalue weighted by atomic mass is 10.2. The van der Waals surface area contributed by atoms with E-state index in [2.05, 4.69) is 45.4 Å². The molecule has 2 nitrogen and oxygen atoms in total. The average Bonchev–Trinajstić information content (AvgIpc) is 2.48. The molecule has 1 unspecified atom stereocenters. The molecule has 1 aliphatic carbocycles. The van der Waals surface area contributed by atoms with Crippen LogP contribution in [0.2, 0.25) is 0 Å². The van der Waals surface area contributed by atoms with Crippen LogP contribution in [0.15, 0.2) is 69.6 Å². The van der Waals surface area contributed by atoms with Gasteiger partial charge in [-0.1, -0.05) is 42.5 Å². The first-order chi connectivity index (χ1) is 7.50. The smallest absolute Gasteiger partial charge is 0.143 e. The summed E-state index contributed by atoms with van der Waals surface area (Å²) in [4.78, 5) is 0. The van der Waals surface area contributed by atoms with Gasteiger partial charge in [0.15, 0.2) is 0 Å². The number of rotatable bonds is 0. The molecule has 15 heavy (non-hydrogen) atoms. The van der Waals surface area contributed by atoms with E-state index in [-0.39, 0.29) is 0 Å². The summed E-state index contributed by atoms with van der Waals surface area (Å²) in [6.45, 7) is 0. The quantitative estimate of drug-likeness (QED) is 0.605. The Balaban J connectivity index is 0.000000151. The highest BCUT2D eigenvalue weighted by atomic mass is 31.1. The largest absolute Gasteiger partial charge is 0.296 e. The van der Waals surface area contributed by atoms with Crippen LogP contribution in [0.1, 0.15) is 12.8 Å². The maximum Gasteiger partial charge on any atom is 0.143 e. The van der Waals surface area contributed by atoms with E-state index >= 15 is 0 Å². The van der Waals surface area contributed by atoms with Gasteiger partial charge >= 0.3 is 0 Å². The lowest BCUT2D eigenvalue weighted by Crippen LogP contribution is -1.65. The van der Waals surface area contributed by atoms with Crippen molar-refractivity contribution in [2.45, 2.75) is 12.8 Å². The number of allylic oxidation sites excluding steroid dienone is 6. The first kappa shape index (κ1) is 11.7. The summed E-state index contributed by atoms with van der Waals surface area (Å²) in [5.74, 6) is 1.89. The molecule has 0 N–H and O–H groups in total. The Morgan fingerprint density at radius 2 is 1.60 bits per heavy atom. The summed E-state index contributed by atoms with van der Waals surface area (Å²) in [7, 11) is 0.329. The molecular formula is C12H15O2P. The van der Waals surface area contributed by atoms with Gasteiger partial charge < -0.3 is 0 Å². The van der Waals surface area contributed by atoms with E-state index in [1.165, 1.54) is 19.1 Å². The second kappa shape index (κ2) is 9.17. The van der Waals surface area contributed by atoms with E-state index in [0.29, 0.717) is 8.43 Å². The van der Waals surface area contributed by atoms with E-state index in [9.17, 15) is 0 Å². The molecule has 2 rings (SSSR count). The highest BCUT2D eigenvalue weighted by Gasteiger charge is 1.75. The lowest BCUT2D eigenvalue weighted by molar-refractivity contribution is 0.102. The van der Waals surface area contributed by atoms with Gasteiger partial charge in [0, 0.05) is 0 Å². The van der Waals surface area contributed by atoms with Crippen LogP contribution in [0.4, 0.5) is 0 Å². The van der Waals surface area contributed by atoms with Gasteiger partial charge in [-0.15, -0.1) is 0 Å². The van der Waals surface area contributed by atoms with Crippen LogP contribution in [-0.2, 0) is 0 Å². The molecule has 0 radical (unpaired) electrons. The minimum absolute atomic E-state index is 0.329. The molecule has 1 aromatic rings. The maximum absolute atomic E-state index is 4.55. The Morgan fingerprint density at radius 1 is 0.867 bits per heavy atom. The van der Waals surface area contributed by atoms with Gasteiger partial charge in [0.05, 0.1) is 8.43 Å². The van der Waals surface area contributed by atoms with Crippen LogP contribution in [0.3, 0.4) is 0 Å². The van der Waals surface area contributed by atoms with Crippen LogP contribution in [0, 0.1) is 0 Å². The number of hydrogen-bond acceptors (Lipinski definition) is 2. The molecule has 80 valence electrons. The van der Waals surface area contributed by atoms with Crippen LogP contribution < -0.4 is 0 Å². The molecule has 1 heterocycles. The van der Waals surface area contributed by atoms with Gasteiger partial charge in [0.1, 0.15) is 6.26 Å². The Labute approximate surface area is 91.4 Å². The third kappa shape index (κ3) is 7.65. The van der Waals surface area contributed by atoms with Gasteiger partial charge in [-0.25, -0.2) is 0 Å². The van der Waals surface area contributed by atoms with Gasteiger partial charge in [-0.05, 0) is 24.7 Å². The monoisotopic (exact) mass is 222 g/mol. The molecule has 0 fully saturated rings. The van der Waals surface area contributed by atoms with Gasteiger partial charge in [0.25, 0.3) is 0 Å². The fraction of sp³-hybridized carbons (Fsp3) is 0.167. The zero-order valence-corrected chi connectivity index (χ0v) is 9.50. The van der Waals surface area contributed by atoms with E-state index in [0.717, 1.165) is 0 Å². The zero-order valence-electron chi connectivity index (χ0n) is 8.50. The van der Waals surface area contributed by atoms with Crippen molar-refractivity contribution >= 4 is 8.43 Å². The van der Waals surface area contributed by atoms with Crippen LogP contribution in [0.5, 0.6) is 0 Å². The molecule has 1 aromatic heterocycles. The maximum atomic E-state index is 4.55. The van der Waals surface area contributed by atoms with Crippen molar-refractivity contribution in [1.82, 2.24) is 0 Å². The average molecular weight is 222 g/mol. The third-order valence-corrected chi connectivity index (χ3v) is 2.13. The van der Waals surface area contributed by atoms with Crippen molar-refractivity contribution < 1.29 is 8.93 Å². The summed E-state index contributed by atoms with van der Waals surface area (Å²) >= 11 is 0. The highest BCUT2D eigenvalue weighted by Crippen LogP contribution is 1.97. The molecule has 0 saturated carbocycles. The Kier molecular flexibility index (Phi) is 7.13. The van der Waals surface area contributed by atoms with Crippen LogP contribution in [0.25, 0.3) is 0 Å². The molecule has 0 aromatic carbocycles. The lowest BCUT2D eigenvalue weighted by Gasteiger charge is -1.86. The summed E-state index contributed by atoms with van der Waals surface area (Å²) < 4.78 is 9.01. The van der Waals surface area contributed by atoms with Crippen molar-refractivity contribution in [3.63, 3.8) is 0 Å². The Morgan fingerprint density at radius 3 is 2.33 bits per heavy atom. The molecular weight excluding hydrogens is 207 g/mol. The molecule has 0 aliphatic heterocycles. The van der Waals surface area contributed by atoms with Crippen molar-refractivity contribution in [1.29, 1.82) is 0 Å². The standard InChI is InChI=1S/C8H10.C4H5O2P/c1-2-4-6-8-7-5-3-1;1-2-4-7-6-5-3-1/h1-6H,7-8H2;1-4,7H. The predicted octanol–water partition coefficient (Wildman–Crippen LogP) is 4.48. The van der Waals surface area contributed by atoms with E-state index in [4.69, 9.17) is 0 Å². The fourth-order valence-corrected chi connectivity index (χ4v) is 1.28. The zero-order chi connectivity index (χ0) is 10.6. The topological polar surface area (TPSA) is 26.3 Å². The summed E-state index contributed by atoms with van der Waals surface area (Å²) in [5.41, 5.74) is 0. The SMILES string of the molecule is C1=CC=CCCC=C1.c1cc[pH]ooc1. The summed E-state index contributed by atoms with van der Waals surface area (Å²) in [6.07, 6.45) is 16.5. The molecule has 1 aliphatic rings. The van der Waals surface area contributed by atoms with Crippen molar-refractivity contribution in [2.75, 3.05) is 0 Å². The van der Waals surface area contributed by atoms with Crippen LogP contribution in [-0.4, -0.2) is 0 Å². The van der Waals surface area contributed by atoms with Gasteiger partial charge in [-0.3, -0.25) is 8.93 Å². The summed E-state index contributed by atoms with van der Waals surface area (Å²) in [5, 5.41) is 0. The van der Waals surface area contributed by atoms with E-state index in [1.807, 2.05) is 11.9 Å². The minimum atomic E-state index is 0.329. The molecule has 0 spiro atoms. The first-order valence-electron chi connectivity index (χ1n) is 4.88. The number of hydrogen-bond donors (Lipinski definition) is 0. The molecule has 3 heteroatoms. The summed E-state index contributed by atoms with van der Waals surface area (Å²) in [6, 6.07) is 3.66. The third-order valence-electron chi connectivity index (χ3n) is 1.61. The van der Waals surface area contributed by atoms with E-state index < -0.39 is 0 Å². The van der Waals surface area contributed by atoms with Crippen molar-refractivity contribution in [2.24, 2.45) is 0 Å². The Bertz CT molecular complexity index is 283. The molecule has 0 saturated heterocycles. The molecule has 0 amide bonds. The second-order valence-corrected chi connectivity index (χ2v) is 3.54. The first-order valence-corrected chi connectivity index (χ1v) is 5.86. The predicted molar refractivity (Wildman–Crippen MR) is 64.8 cm³/mol. The normalized spacial score (nSPS) is 13.9. The highest BCUT2D eigenvalue weighted by molar-refractivity contribution is 7.21. The van der Waals surface area contributed by atoms with Gasteiger partial charge in [-0.2, -0.15) is 0 Å².